The first-order valence-corrected chi connectivity index (χ1v) is 7.28. The van der Waals surface area contributed by atoms with Crippen molar-refractivity contribution in [3.63, 3.8) is 0 Å². The fourth-order valence-electron chi connectivity index (χ4n) is 2.15. The van der Waals surface area contributed by atoms with Gasteiger partial charge in [-0.15, -0.1) is 0 Å². The molecule has 0 fully saturated rings. The second kappa shape index (κ2) is 6.89. The molecule has 0 radical (unpaired) electrons. The summed E-state index contributed by atoms with van der Waals surface area (Å²) in [5.41, 5.74) is 2.01. The average Bonchev–Trinajstić information content (AvgIpc) is 2.42. The van der Waals surface area contributed by atoms with Crippen LogP contribution >= 0.6 is 0 Å². The molecule has 0 bridgehead atoms. The smallest absolute Gasteiger partial charge is 0.254 e. The zero-order valence-electron chi connectivity index (χ0n) is 13.7. The van der Waals surface area contributed by atoms with Gasteiger partial charge in [0.05, 0.1) is 0 Å². The van der Waals surface area contributed by atoms with Gasteiger partial charge in [-0.25, -0.2) is 0 Å². The van der Waals surface area contributed by atoms with Gasteiger partial charge in [-0.05, 0) is 44.0 Å². The van der Waals surface area contributed by atoms with Crippen molar-refractivity contribution >= 4 is 5.91 Å². The summed E-state index contributed by atoms with van der Waals surface area (Å²) in [5.74, 6) is 0.110. The molecule has 0 aliphatic carbocycles. The van der Waals surface area contributed by atoms with Crippen LogP contribution in [0.3, 0.4) is 0 Å². The summed E-state index contributed by atoms with van der Waals surface area (Å²) in [6.45, 7) is 9.47. The number of nitrogens with one attached hydrogen (secondary N) is 1. The van der Waals surface area contributed by atoms with E-state index in [1.165, 1.54) is 0 Å². The average molecular weight is 276 g/mol. The van der Waals surface area contributed by atoms with Gasteiger partial charge < -0.3 is 10.2 Å². The second-order valence-electron chi connectivity index (χ2n) is 6.47. The van der Waals surface area contributed by atoms with Gasteiger partial charge in [0.15, 0.2) is 0 Å². The zero-order valence-corrected chi connectivity index (χ0v) is 13.7. The number of amides is 1. The van der Waals surface area contributed by atoms with Crippen LogP contribution in [0.2, 0.25) is 0 Å². The molecule has 0 saturated carbocycles. The van der Waals surface area contributed by atoms with Crippen LogP contribution in [0.15, 0.2) is 24.3 Å². The van der Waals surface area contributed by atoms with Gasteiger partial charge in [-0.3, -0.25) is 4.79 Å². The Bertz CT molecular complexity index is 449. The normalized spacial score (nSPS) is 13.1. The maximum atomic E-state index is 12.7. The van der Waals surface area contributed by atoms with Crippen molar-refractivity contribution < 1.29 is 4.79 Å². The van der Waals surface area contributed by atoms with Crippen LogP contribution in [0.1, 0.15) is 43.6 Å². The molecular formula is C17H28N2O. The molecule has 112 valence electrons. The monoisotopic (exact) mass is 276 g/mol. The molecule has 1 unspecified atom stereocenters. The molecule has 1 N–H and O–H groups in total. The van der Waals surface area contributed by atoms with Crippen LogP contribution in [0.4, 0.5) is 0 Å². The maximum Gasteiger partial charge on any atom is 0.254 e. The molecule has 1 atom stereocenters. The molecule has 0 aromatic heterocycles. The fourth-order valence-corrected chi connectivity index (χ4v) is 2.15. The topological polar surface area (TPSA) is 32.3 Å². The van der Waals surface area contributed by atoms with E-state index in [0.29, 0.717) is 0 Å². The minimum atomic E-state index is 0.0737. The Morgan fingerprint density at radius 1 is 1.30 bits per heavy atom. The summed E-state index contributed by atoms with van der Waals surface area (Å²) in [7, 11) is 3.82. The summed E-state index contributed by atoms with van der Waals surface area (Å²) in [6.07, 6.45) is 0.871. The number of nitrogens with zero attached hydrogens (tertiary/aromatic N) is 1. The van der Waals surface area contributed by atoms with E-state index in [-0.39, 0.29) is 17.4 Å². The van der Waals surface area contributed by atoms with Gasteiger partial charge in [-0.2, -0.15) is 0 Å². The van der Waals surface area contributed by atoms with Gasteiger partial charge in [0.2, 0.25) is 0 Å². The number of benzene rings is 1. The highest BCUT2D eigenvalue weighted by Crippen LogP contribution is 2.24. The Morgan fingerprint density at radius 3 is 2.45 bits per heavy atom. The Labute approximate surface area is 123 Å². The second-order valence-corrected chi connectivity index (χ2v) is 6.47. The molecule has 0 spiro atoms. The molecule has 1 aromatic carbocycles. The maximum absolute atomic E-state index is 12.7. The lowest BCUT2D eigenvalue weighted by Gasteiger charge is -2.35. The summed E-state index contributed by atoms with van der Waals surface area (Å²) < 4.78 is 0. The van der Waals surface area contributed by atoms with Crippen LogP contribution in [0, 0.1) is 5.41 Å². The molecule has 0 heterocycles. The van der Waals surface area contributed by atoms with Crippen LogP contribution in [0.25, 0.3) is 0 Å². The molecule has 3 nitrogen and oxygen atoms in total. The van der Waals surface area contributed by atoms with Crippen molar-refractivity contribution in [1.29, 1.82) is 0 Å². The minimum absolute atomic E-state index is 0.0737. The SMILES string of the molecule is CNCCc1ccccc1C(=O)N(C)C(C)C(C)(C)C. The lowest BCUT2D eigenvalue weighted by Crippen LogP contribution is -2.43. The summed E-state index contributed by atoms with van der Waals surface area (Å²) in [6, 6.07) is 8.09. The quantitative estimate of drug-likeness (QED) is 0.897. The standard InChI is InChI=1S/C17H28N2O/c1-13(17(2,3)4)19(6)16(20)15-10-8-7-9-14(15)11-12-18-5/h7-10,13,18H,11-12H2,1-6H3. The Hall–Kier alpha value is -1.35. The summed E-state index contributed by atoms with van der Waals surface area (Å²) in [4.78, 5) is 14.6. The van der Waals surface area contributed by atoms with Crippen LogP contribution in [0.5, 0.6) is 0 Å². The summed E-state index contributed by atoms with van der Waals surface area (Å²) in [5, 5.41) is 3.13. The Kier molecular flexibility index (Phi) is 5.75. The third kappa shape index (κ3) is 4.07. The van der Waals surface area contributed by atoms with Crippen molar-refractivity contribution in [3.05, 3.63) is 35.4 Å². The molecule has 0 saturated heterocycles. The lowest BCUT2D eigenvalue weighted by atomic mass is 9.86. The molecule has 1 rings (SSSR count). The predicted molar refractivity (Wildman–Crippen MR) is 85.1 cm³/mol. The van der Waals surface area contributed by atoms with E-state index in [1.807, 2.05) is 43.3 Å². The highest BCUT2D eigenvalue weighted by atomic mass is 16.2. The number of hydrogen-bond donors (Lipinski definition) is 1. The van der Waals surface area contributed by atoms with E-state index >= 15 is 0 Å². The van der Waals surface area contributed by atoms with E-state index in [1.54, 1.807) is 0 Å². The van der Waals surface area contributed by atoms with Gasteiger partial charge >= 0.3 is 0 Å². The van der Waals surface area contributed by atoms with Crippen molar-refractivity contribution in [2.24, 2.45) is 5.41 Å². The first-order chi connectivity index (χ1) is 9.29. The first-order valence-electron chi connectivity index (χ1n) is 7.28. The van der Waals surface area contributed by atoms with Crippen LogP contribution in [-0.2, 0) is 6.42 Å². The Morgan fingerprint density at radius 2 is 1.90 bits per heavy atom. The van der Waals surface area contributed by atoms with Crippen molar-refractivity contribution in [1.82, 2.24) is 10.2 Å². The van der Waals surface area contributed by atoms with Crippen LogP contribution < -0.4 is 5.32 Å². The molecule has 3 heteroatoms. The van der Waals surface area contributed by atoms with Crippen LogP contribution in [-0.4, -0.2) is 37.5 Å². The molecule has 1 aromatic rings. The van der Waals surface area contributed by atoms with Crippen molar-refractivity contribution in [2.75, 3.05) is 20.6 Å². The van der Waals surface area contributed by atoms with Crippen molar-refractivity contribution in [2.45, 2.75) is 40.2 Å². The van der Waals surface area contributed by atoms with Gasteiger partial charge in [0, 0.05) is 18.7 Å². The Balaban J connectivity index is 2.97. The van der Waals surface area contributed by atoms with E-state index in [4.69, 9.17) is 0 Å². The van der Waals surface area contributed by atoms with E-state index in [9.17, 15) is 4.79 Å². The van der Waals surface area contributed by atoms with Gasteiger partial charge in [0.1, 0.15) is 0 Å². The number of hydrogen-bond acceptors (Lipinski definition) is 2. The van der Waals surface area contributed by atoms with E-state index in [2.05, 4.69) is 33.0 Å². The lowest BCUT2D eigenvalue weighted by molar-refractivity contribution is 0.0628. The van der Waals surface area contributed by atoms with Gasteiger partial charge in [-0.1, -0.05) is 39.0 Å². The molecule has 1 amide bonds. The zero-order chi connectivity index (χ0) is 15.3. The predicted octanol–water partition coefficient (Wildman–Crippen LogP) is 2.96. The number of rotatable bonds is 5. The fraction of sp³-hybridized carbons (Fsp3) is 0.588. The van der Waals surface area contributed by atoms with Gasteiger partial charge in [0.25, 0.3) is 5.91 Å². The third-order valence-corrected chi connectivity index (χ3v) is 4.05. The molecule has 20 heavy (non-hydrogen) atoms. The number of carbonyl (C=O) groups excluding carboxylic acids is 1. The molecule has 0 aliphatic heterocycles. The largest absolute Gasteiger partial charge is 0.338 e. The number of likely N-dealkylation sites (N-methyl/N-ethyl adjacent to an activating group) is 1. The highest BCUT2D eigenvalue weighted by Gasteiger charge is 2.28. The third-order valence-electron chi connectivity index (χ3n) is 4.05. The van der Waals surface area contributed by atoms with Crippen molar-refractivity contribution in [3.8, 4) is 0 Å². The van der Waals surface area contributed by atoms with E-state index < -0.39 is 0 Å². The molecular weight excluding hydrogens is 248 g/mol. The summed E-state index contributed by atoms with van der Waals surface area (Å²) >= 11 is 0. The molecule has 0 aliphatic rings. The van der Waals surface area contributed by atoms with E-state index in [0.717, 1.165) is 24.1 Å². The first kappa shape index (κ1) is 16.7. The highest BCUT2D eigenvalue weighted by molar-refractivity contribution is 5.95. The minimum Gasteiger partial charge on any atom is -0.338 e. The number of carbonyl (C=O) groups is 1.